The van der Waals surface area contributed by atoms with E-state index in [1.54, 1.807) is 13.0 Å². The number of hydrogen-bond donors (Lipinski definition) is 1. The smallest absolute Gasteiger partial charge is 0.113 e. The first-order valence-electron chi connectivity index (χ1n) is 4.23. The third kappa shape index (κ3) is 9.28. The van der Waals surface area contributed by atoms with E-state index in [0.29, 0.717) is 5.76 Å². The van der Waals surface area contributed by atoms with Crippen molar-refractivity contribution in [3.05, 3.63) is 24.0 Å². The molecule has 0 fully saturated rings. The molecule has 0 aliphatic rings. The Hall–Kier alpha value is -0.720. The average molecular weight is 156 g/mol. The van der Waals surface area contributed by atoms with Gasteiger partial charge in [-0.15, -0.1) is 0 Å². The highest BCUT2D eigenvalue weighted by molar-refractivity contribution is 5.18. The van der Waals surface area contributed by atoms with Gasteiger partial charge < -0.3 is 5.11 Å². The Bertz CT molecular complexity index is 123. The Labute approximate surface area is 70.4 Å². The van der Waals surface area contributed by atoms with Crippen molar-refractivity contribution in [2.24, 2.45) is 0 Å². The average Bonchev–Trinajstić information content (AvgIpc) is 2.03. The van der Waals surface area contributed by atoms with E-state index >= 15 is 0 Å². The molecule has 0 aromatic heterocycles. The fourth-order valence-corrected chi connectivity index (χ4v) is 0.455. The Kier molecular flexibility index (Phi) is 10.9. The standard InChI is InChI=1S/C8H14O.C2H6/c1-4-5-6-8(9)7(2)3;1-2/h6,9H,2,4-5H2,1,3H3;1-2H3/b8-6+;. The zero-order valence-electron chi connectivity index (χ0n) is 8.15. The van der Waals surface area contributed by atoms with Crippen LogP contribution in [0.3, 0.4) is 0 Å². The van der Waals surface area contributed by atoms with Gasteiger partial charge in [-0.3, -0.25) is 0 Å². The Morgan fingerprint density at radius 3 is 2.18 bits per heavy atom. The molecule has 0 aromatic carbocycles. The molecule has 0 aliphatic carbocycles. The zero-order valence-corrected chi connectivity index (χ0v) is 8.15. The van der Waals surface area contributed by atoms with Crippen LogP contribution < -0.4 is 0 Å². The van der Waals surface area contributed by atoms with Gasteiger partial charge in [0.25, 0.3) is 0 Å². The predicted molar refractivity (Wildman–Crippen MR) is 51.8 cm³/mol. The van der Waals surface area contributed by atoms with Gasteiger partial charge in [0.15, 0.2) is 0 Å². The largest absolute Gasteiger partial charge is 0.508 e. The van der Waals surface area contributed by atoms with E-state index < -0.39 is 0 Å². The highest BCUT2D eigenvalue weighted by Crippen LogP contribution is 2.03. The number of unbranched alkanes of at least 4 members (excludes halogenated alkanes) is 1. The maximum absolute atomic E-state index is 9.02. The topological polar surface area (TPSA) is 20.2 Å². The van der Waals surface area contributed by atoms with Crippen molar-refractivity contribution >= 4 is 0 Å². The maximum Gasteiger partial charge on any atom is 0.113 e. The first-order chi connectivity index (χ1) is 5.18. The van der Waals surface area contributed by atoms with Crippen molar-refractivity contribution in [1.29, 1.82) is 0 Å². The molecule has 0 bridgehead atoms. The summed E-state index contributed by atoms with van der Waals surface area (Å²) < 4.78 is 0. The van der Waals surface area contributed by atoms with Crippen molar-refractivity contribution in [2.45, 2.75) is 40.5 Å². The van der Waals surface area contributed by atoms with Crippen LogP contribution in [-0.4, -0.2) is 5.11 Å². The second-order valence-electron chi connectivity index (χ2n) is 2.16. The second-order valence-corrected chi connectivity index (χ2v) is 2.16. The summed E-state index contributed by atoms with van der Waals surface area (Å²) in [5, 5.41) is 9.02. The van der Waals surface area contributed by atoms with Gasteiger partial charge in [0.2, 0.25) is 0 Å². The summed E-state index contributed by atoms with van der Waals surface area (Å²) >= 11 is 0. The molecule has 1 heteroatoms. The van der Waals surface area contributed by atoms with E-state index in [0.717, 1.165) is 18.4 Å². The van der Waals surface area contributed by atoms with Gasteiger partial charge in [-0.05, 0) is 25.0 Å². The van der Waals surface area contributed by atoms with Crippen LogP contribution in [0.4, 0.5) is 0 Å². The number of aliphatic hydroxyl groups is 1. The van der Waals surface area contributed by atoms with E-state index in [9.17, 15) is 0 Å². The van der Waals surface area contributed by atoms with E-state index in [2.05, 4.69) is 13.5 Å². The summed E-state index contributed by atoms with van der Waals surface area (Å²) in [5.41, 5.74) is 0.739. The molecule has 0 saturated carbocycles. The lowest BCUT2D eigenvalue weighted by Gasteiger charge is -1.94. The van der Waals surface area contributed by atoms with Gasteiger partial charge in [-0.25, -0.2) is 0 Å². The van der Waals surface area contributed by atoms with Gasteiger partial charge in [0.05, 0.1) is 0 Å². The Morgan fingerprint density at radius 1 is 1.45 bits per heavy atom. The van der Waals surface area contributed by atoms with Crippen LogP contribution in [0, 0.1) is 0 Å². The van der Waals surface area contributed by atoms with E-state index in [1.807, 2.05) is 13.8 Å². The minimum Gasteiger partial charge on any atom is -0.508 e. The van der Waals surface area contributed by atoms with Crippen molar-refractivity contribution < 1.29 is 5.11 Å². The molecule has 0 aromatic rings. The lowest BCUT2D eigenvalue weighted by molar-refractivity contribution is 0.420. The molecule has 0 rings (SSSR count). The van der Waals surface area contributed by atoms with Crippen LogP contribution in [0.25, 0.3) is 0 Å². The van der Waals surface area contributed by atoms with Crippen LogP contribution in [0.2, 0.25) is 0 Å². The first-order valence-corrected chi connectivity index (χ1v) is 4.23. The van der Waals surface area contributed by atoms with Crippen LogP contribution in [-0.2, 0) is 0 Å². The number of rotatable bonds is 3. The van der Waals surface area contributed by atoms with Crippen molar-refractivity contribution in [2.75, 3.05) is 0 Å². The van der Waals surface area contributed by atoms with Crippen molar-refractivity contribution in [3.8, 4) is 0 Å². The van der Waals surface area contributed by atoms with Gasteiger partial charge in [0, 0.05) is 0 Å². The number of hydrogen-bond acceptors (Lipinski definition) is 1. The van der Waals surface area contributed by atoms with Gasteiger partial charge in [-0.1, -0.05) is 33.8 Å². The van der Waals surface area contributed by atoms with E-state index in [4.69, 9.17) is 5.11 Å². The molecule has 1 N–H and O–H groups in total. The Balaban J connectivity index is 0. The highest BCUT2D eigenvalue weighted by Gasteiger charge is 1.88. The summed E-state index contributed by atoms with van der Waals surface area (Å²) in [6.45, 7) is 11.5. The summed E-state index contributed by atoms with van der Waals surface area (Å²) in [7, 11) is 0. The monoisotopic (exact) mass is 156 g/mol. The summed E-state index contributed by atoms with van der Waals surface area (Å²) in [5.74, 6) is 0.330. The molecule has 66 valence electrons. The molecule has 0 saturated heterocycles. The fraction of sp³-hybridized carbons (Fsp3) is 0.600. The lowest BCUT2D eigenvalue weighted by Crippen LogP contribution is -1.79. The predicted octanol–water partition coefficient (Wildman–Crippen LogP) is 3.83. The van der Waals surface area contributed by atoms with Gasteiger partial charge >= 0.3 is 0 Å². The molecule has 0 unspecified atom stereocenters. The van der Waals surface area contributed by atoms with Crippen LogP contribution in [0.15, 0.2) is 24.0 Å². The minimum absolute atomic E-state index is 0.330. The van der Waals surface area contributed by atoms with Crippen LogP contribution >= 0.6 is 0 Å². The molecule has 0 spiro atoms. The molecule has 1 nitrogen and oxygen atoms in total. The number of allylic oxidation sites excluding steroid dienone is 2. The molecule has 0 atom stereocenters. The third-order valence-electron chi connectivity index (χ3n) is 1.06. The van der Waals surface area contributed by atoms with E-state index in [1.165, 1.54) is 0 Å². The van der Waals surface area contributed by atoms with E-state index in [-0.39, 0.29) is 0 Å². The SMILES string of the molecule is C=C(C)/C(O)=C\CCC.CC. The molecule has 0 amide bonds. The second kappa shape index (κ2) is 9.28. The van der Waals surface area contributed by atoms with Crippen molar-refractivity contribution in [1.82, 2.24) is 0 Å². The van der Waals surface area contributed by atoms with Gasteiger partial charge in [-0.2, -0.15) is 0 Å². The highest BCUT2D eigenvalue weighted by atomic mass is 16.3. The normalized spacial score (nSPS) is 10.0. The van der Waals surface area contributed by atoms with Crippen molar-refractivity contribution in [3.63, 3.8) is 0 Å². The quantitative estimate of drug-likeness (QED) is 0.486. The Morgan fingerprint density at radius 2 is 1.91 bits per heavy atom. The summed E-state index contributed by atoms with van der Waals surface area (Å²) in [6, 6.07) is 0. The molecular formula is C10H20O. The molecule has 0 heterocycles. The first kappa shape index (κ1) is 12.9. The number of aliphatic hydroxyl groups excluding tert-OH is 1. The molecular weight excluding hydrogens is 136 g/mol. The third-order valence-corrected chi connectivity index (χ3v) is 1.06. The maximum atomic E-state index is 9.02. The molecule has 0 aliphatic heterocycles. The minimum atomic E-state index is 0.330. The molecule has 11 heavy (non-hydrogen) atoms. The molecule has 0 radical (unpaired) electrons. The van der Waals surface area contributed by atoms with Crippen LogP contribution in [0.1, 0.15) is 40.5 Å². The summed E-state index contributed by atoms with van der Waals surface area (Å²) in [4.78, 5) is 0. The van der Waals surface area contributed by atoms with Crippen LogP contribution in [0.5, 0.6) is 0 Å². The summed E-state index contributed by atoms with van der Waals surface area (Å²) in [6.07, 6.45) is 3.79. The fourth-order valence-electron chi connectivity index (χ4n) is 0.455. The van der Waals surface area contributed by atoms with Gasteiger partial charge in [0.1, 0.15) is 5.76 Å². The zero-order chi connectivity index (χ0) is 9.28. The lowest BCUT2D eigenvalue weighted by atomic mass is 10.2.